The highest BCUT2D eigenvalue weighted by atomic mass is 32.1. The Labute approximate surface area is 217 Å². The standard InChI is InChI=1S/C29H24FN3O3S/c1-2-33-17-25(32-18-33)28-16-24-29(37-28)27(10-11-31-24)36-26-9-8-20(14-23(26)30)13-22(35)15-21(34)12-19-6-4-3-5-7-19/h3-11,14,16-18H,2,12-13,15H2,1H3. The van der Waals surface area contributed by atoms with Crippen LogP contribution >= 0.6 is 11.3 Å². The van der Waals surface area contributed by atoms with Crippen LogP contribution in [0.25, 0.3) is 20.8 Å². The largest absolute Gasteiger partial charge is 0.453 e. The lowest BCUT2D eigenvalue weighted by Crippen LogP contribution is -2.12. The number of rotatable bonds is 10. The quantitative estimate of drug-likeness (QED) is 0.201. The summed E-state index contributed by atoms with van der Waals surface area (Å²) in [5, 5.41) is 0. The van der Waals surface area contributed by atoms with Crippen LogP contribution in [0, 0.1) is 5.82 Å². The summed E-state index contributed by atoms with van der Waals surface area (Å²) in [6.07, 6.45) is 5.39. The van der Waals surface area contributed by atoms with Crippen molar-refractivity contribution in [1.29, 1.82) is 0 Å². The van der Waals surface area contributed by atoms with Crippen LogP contribution < -0.4 is 4.74 Å². The summed E-state index contributed by atoms with van der Waals surface area (Å²) in [6, 6.07) is 17.4. The number of halogens is 1. The van der Waals surface area contributed by atoms with Gasteiger partial charge in [-0.2, -0.15) is 0 Å². The van der Waals surface area contributed by atoms with E-state index in [0.717, 1.165) is 32.9 Å². The summed E-state index contributed by atoms with van der Waals surface area (Å²) in [6.45, 7) is 2.88. The van der Waals surface area contributed by atoms with Crippen molar-refractivity contribution in [2.75, 3.05) is 0 Å². The average Bonchev–Trinajstić information content (AvgIpc) is 3.54. The number of hydrogen-bond acceptors (Lipinski definition) is 6. The number of fused-ring (bicyclic) bond motifs is 1. The third-order valence-electron chi connectivity index (χ3n) is 5.88. The summed E-state index contributed by atoms with van der Waals surface area (Å²) in [5.41, 5.74) is 2.95. The van der Waals surface area contributed by atoms with Crippen LogP contribution in [0.15, 0.2) is 79.4 Å². The summed E-state index contributed by atoms with van der Waals surface area (Å²) in [4.78, 5) is 34.4. The first-order valence-electron chi connectivity index (χ1n) is 11.9. The summed E-state index contributed by atoms with van der Waals surface area (Å²) in [5.74, 6) is -0.444. The van der Waals surface area contributed by atoms with Crippen molar-refractivity contribution in [3.63, 3.8) is 0 Å². The van der Waals surface area contributed by atoms with E-state index in [0.29, 0.717) is 11.3 Å². The zero-order valence-electron chi connectivity index (χ0n) is 20.2. The number of thiophene rings is 1. The molecule has 0 aliphatic carbocycles. The van der Waals surface area contributed by atoms with Gasteiger partial charge in [0.05, 0.1) is 33.5 Å². The highest BCUT2D eigenvalue weighted by Crippen LogP contribution is 2.39. The predicted octanol–water partition coefficient (Wildman–Crippen LogP) is 6.42. The van der Waals surface area contributed by atoms with Crippen molar-refractivity contribution in [2.24, 2.45) is 0 Å². The molecule has 0 saturated heterocycles. The molecular weight excluding hydrogens is 489 g/mol. The minimum Gasteiger partial charge on any atom is -0.453 e. The number of aryl methyl sites for hydroxylation is 1. The topological polar surface area (TPSA) is 74.1 Å². The third-order valence-corrected chi connectivity index (χ3v) is 7.04. The van der Waals surface area contributed by atoms with Crippen molar-refractivity contribution in [1.82, 2.24) is 14.5 Å². The van der Waals surface area contributed by atoms with Gasteiger partial charge in [0.25, 0.3) is 0 Å². The lowest BCUT2D eigenvalue weighted by Gasteiger charge is -2.09. The Morgan fingerprint density at radius 1 is 0.946 bits per heavy atom. The number of benzene rings is 2. The van der Waals surface area contributed by atoms with Gasteiger partial charge in [0.2, 0.25) is 0 Å². The van der Waals surface area contributed by atoms with E-state index in [1.165, 1.54) is 23.5 Å². The summed E-state index contributed by atoms with van der Waals surface area (Å²) in [7, 11) is 0. The van der Waals surface area contributed by atoms with Crippen LogP contribution in [0.5, 0.6) is 11.5 Å². The van der Waals surface area contributed by atoms with Gasteiger partial charge in [-0.3, -0.25) is 14.6 Å². The third kappa shape index (κ3) is 5.81. The molecule has 0 spiro atoms. The molecule has 6 nitrogen and oxygen atoms in total. The van der Waals surface area contributed by atoms with Crippen LogP contribution in [-0.2, 0) is 29.0 Å². The van der Waals surface area contributed by atoms with Gasteiger partial charge in [-0.15, -0.1) is 11.3 Å². The zero-order chi connectivity index (χ0) is 25.8. The molecule has 0 bridgehead atoms. The van der Waals surface area contributed by atoms with E-state index in [-0.39, 0.29) is 36.6 Å². The summed E-state index contributed by atoms with van der Waals surface area (Å²) < 4.78 is 23.6. The highest BCUT2D eigenvalue weighted by Gasteiger charge is 2.16. The smallest absolute Gasteiger partial charge is 0.166 e. The molecule has 5 aromatic rings. The van der Waals surface area contributed by atoms with Gasteiger partial charge in [0.1, 0.15) is 17.3 Å². The minimum atomic E-state index is -0.579. The minimum absolute atomic E-state index is 0.0179. The number of carbonyl (C=O) groups excluding carboxylic acids is 2. The number of carbonyl (C=O) groups is 2. The molecule has 3 heterocycles. The molecule has 8 heteroatoms. The van der Waals surface area contributed by atoms with Crippen molar-refractivity contribution >= 4 is 33.1 Å². The molecule has 2 aromatic carbocycles. The second-order valence-corrected chi connectivity index (χ2v) is 9.74. The number of nitrogens with zero attached hydrogens (tertiary/aromatic N) is 3. The number of pyridine rings is 1. The van der Waals surface area contributed by atoms with Crippen LogP contribution in [-0.4, -0.2) is 26.1 Å². The number of ether oxygens (including phenoxy) is 1. The van der Waals surface area contributed by atoms with Gasteiger partial charge in [0.15, 0.2) is 11.6 Å². The highest BCUT2D eigenvalue weighted by molar-refractivity contribution is 7.22. The van der Waals surface area contributed by atoms with E-state index >= 15 is 0 Å². The van der Waals surface area contributed by atoms with E-state index in [9.17, 15) is 14.0 Å². The lowest BCUT2D eigenvalue weighted by atomic mass is 10.0. The van der Waals surface area contributed by atoms with Gasteiger partial charge >= 0.3 is 0 Å². The van der Waals surface area contributed by atoms with Crippen LogP contribution in [0.4, 0.5) is 4.39 Å². The molecule has 0 unspecified atom stereocenters. The molecule has 0 aliphatic heterocycles. The fraction of sp³-hybridized carbons (Fsp3) is 0.172. The van der Waals surface area contributed by atoms with Crippen LogP contribution in [0.2, 0.25) is 0 Å². The second-order valence-electron chi connectivity index (χ2n) is 8.68. The fourth-order valence-electron chi connectivity index (χ4n) is 4.03. The average molecular weight is 514 g/mol. The lowest BCUT2D eigenvalue weighted by molar-refractivity contribution is -0.126. The van der Waals surface area contributed by atoms with Gasteiger partial charge in [-0.1, -0.05) is 36.4 Å². The number of Topliss-reactive ketones (excluding diaryl/α,β-unsaturated/α-hetero) is 2. The van der Waals surface area contributed by atoms with Crippen molar-refractivity contribution in [2.45, 2.75) is 32.7 Å². The second kappa shape index (κ2) is 10.8. The predicted molar refractivity (Wildman–Crippen MR) is 141 cm³/mol. The molecule has 186 valence electrons. The Balaban J connectivity index is 1.26. The van der Waals surface area contributed by atoms with Gasteiger partial charge < -0.3 is 9.30 Å². The first-order valence-corrected chi connectivity index (χ1v) is 12.7. The van der Waals surface area contributed by atoms with Crippen molar-refractivity contribution in [3.8, 4) is 22.1 Å². The van der Waals surface area contributed by atoms with E-state index in [1.54, 1.807) is 24.7 Å². The fourth-order valence-corrected chi connectivity index (χ4v) is 5.06. The Morgan fingerprint density at radius 2 is 1.73 bits per heavy atom. The Bertz CT molecular complexity index is 1580. The first-order chi connectivity index (χ1) is 18.0. The molecule has 0 radical (unpaired) electrons. The maximum Gasteiger partial charge on any atom is 0.166 e. The van der Waals surface area contributed by atoms with Gasteiger partial charge in [0, 0.05) is 37.8 Å². The Kier molecular flexibility index (Phi) is 7.18. The van der Waals surface area contributed by atoms with Gasteiger partial charge in [-0.05, 0) is 36.2 Å². The molecule has 0 amide bonds. The zero-order valence-corrected chi connectivity index (χ0v) is 21.0. The number of aromatic nitrogens is 3. The SMILES string of the molecule is CCn1cnc(-c2cc3nccc(Oc4ccc(CC(=O)CC(=O)Cc5ccccc5)cc4F)c3s2)c1. The normalized spacial score (nSPS) is 11.1. The molecule has 0 N–H and O–H groups in total. The van der Waals surface area contributed by atoms with Crippen LogP contribution in [0.3, 0.4) is 0 Å². The molecule has 0 aliphatic rings. The Morgan fingerprint density at radius 3 is 2.46 bits per heavy atom. The van der Waals surface area contributed by atoms with E-state index < -0.39 is 5.82 Å². The summed E-state index contributed by atoms with van der Waals surface area (Å²) >= 11 is 1.48. The van der Waals surface area contributed by atoms with Crippen LogP contribution in [0.1, 0.15) is 24.5 Å². The maximum absolute atomic E-state index is 14.9. The molecule has 0 saturated carbocycles. The van der Waals surface area contributed by atoms with E-state index in [1.807, 2.05) is 54.1 Å². The molecule has 3 aromatic heterocycles. The van der Waals surface area contributed by atoms with Crippen molar-refractivity contribution in [3.05, 3.63) is 96.3 Å². The number of hydrogen-bond donors (Lipinski definition) is 0. The first kappa shape index (κ1) is 24.5. The molecule has 37 heavy (non-hydrogen) atoms. The Hall–Kier alpha value is -4.17. The molecule has 5 rings (SSSR count). The van der Waals surface area contributed by atoms with E-state index in [4.69, 9.17) is 4.74 Å². The van der Waals surface area contributed by atoms with Gasteiger partial charge in [-0.25, -0.2) is 9.37 Å². The van der Waals surface area contributed by atoms with E-state index in [2.05, 4.69) is 9.97 Å². The molecule has 0 fully saturated rings. The van der Waals surface area contributed by atoms with Crippen molar-refractivity contribution < 1.29 is 18.7 Å². The molecular formula is C29H24FN3O3S. The molecule has 0 atom stereocenters. The maximum atomic E-state index is 14.9. The monoisotopic (exact) mass is 513 g/mol. The number of imidazole rings is 1. The number of ketones is 2.